The highest BCUT2D eigenvalue weighted by atomic mass is 32.2. The largest absolute Gasteiger partial charge is 0.411 e. The normalized spacial score (nSPS) is 19.3. The minimum Gasteiger partial charge on any atom is -0.411 e. The summed E-state index contributed by atoms with van der Waals surface area (Å²) in [5.74, 6) is -0.280. The van der Waals surface area contributed by atoms with Crippen LogP contribution in [0.5, 0.6) is 0 Å². The standard InChI is InChI=1S/C14H14FN3O4S2/c15-10-3-1-9(2-4-10)13-17-18-14(22-13)23-7-12(19)16-11-5-6-24(20,21)8-11/h1-4,11H,5-8H2,(H,16,19)/t11-/m1/s1. The quantitative estimate of drug-likeness (QED) is 0.790. The first-order valence-electron chi connectivity index (χ1n) is 7.13. The second-order valence-corrected chi connectivity index (χ2v) is 8.49. The first kappa shape index (κ1) is 16.9. The van der Waals surface area contributed by atoms with E-state index in [4.69, 9.17) is 4.42 Å². The molecule has 1 atom stereocenters. The van der Waals surface area contributed by atoms with Crippen LogP contribution < -0.4 is 5.32 Å². The van der Waals surface area contributed by atoms with Gasteiger partial charge in [0.1, 0.15) is 5.82 Å². The average Bonchev–Trinajstić information content (AvgIpc) is 3.12. The minimum atomic E-state index is -3.03. The molecule has 0 spiro atoms. The molecule has 1 aromatic carbocycles. The molecular formula is C14H14FN3O4S2. The highest BCUT2D eigenvalue weighted by molar-refractivity contribution is 7.99. The second kappa shape index (κ2) is 6.89. The summed E-state index contributed by atoms with van der Waals surface area (Å²) in [6.45, 7) is 0. The molecule has 0 aliphatic carbocycles. The van der Waals surface area contributed by atoms with Gasteiger partial charge in [-0.3, -0.25) is 4.79 Å². The van der Waals surface area contributed by atoms with E-state index < -0.39 is 9.84 Å². The Hall–Kier alpha value is -1.94. The van der Waals surface area contributed by atoms with Crippen molar-refractivity contribution in [2.45, 2.75) is 17.7 Å². The molecule has 0 radical (unpaired) electrons. The van der Waals surface area contributed by atoms with Crippen LogP contribution in [0.15, 0.2) is 33.9 Å². The third kappa shape index (κ3) is 4.32. The molecule has 1 aromatic heterocycles. The van der Waals surface area contributed by atoms with Gasteiger partial charge < -0.3 is 9.73 Å². The van der Waals surface area contributed by atoms with Crippen LogP contribution in [0.1, 0.15) is 6.42 Å². The molecular weight excluding hydrogens is 357 g/mol. The van der Waals surface area contributed by atoms with E-state index in [-0.39, 0.29) is 46.1 Å². The number of carbonyl (C=O) groups excluding carboxylic acids is 1. The molecule has 2 heterocycles. The van der Waals surface area contributed by atoms with Crippen molar-refractivity contribution in [2.75, 3.05) is 17.3 Å². The van der Waals surface area contributed by atoms with Crippen LogP contribution in [0.3, 0.4) is 0 Å². The highest BCUT2D eigenvalue weighted by Crippen LogP contribution is 2.23. The van der Waals surface area contributed by atoms with E-state index in [1.807, 2.05) is 0 Å². The summed E-state index contributed by atoms with van der Waals surface area (Å²) in [5, 5.41) is 10.6. The van der Waals surface area contributed by atoms with Gasteiger partial charge in [-0.15, -0.1) is 10.2 Å². The smallest absolute Gasteiger partial charge is 0.277 e. The highest BCUT2D eigenvalue weighted by Gasteiger charge is 2.28. The van der Waals surface area contributed by atoms with Gasteiger partial charge in [-0.05, 0) is 30.7 Å². The van der Waals surface area contributed by atoms with Crippen LogP contribution >= 0.6 is 11.8 Å². The molecule has 24 heavy (non-hydrogen) atoms. The summed E-state index contributed by atoms with van der Waals surface area (Å²) in [4.78, 5) is 11.8. The summed E-state index contributed by atoms with van der Waals surface area (Å²) >= 11 is 1.05. The van der Waals surface area contributed by atoms with Crippen molar-refractivity contribution < 1.29 is 22.0 Å². The molecule has 7 nitrogen and oxygen atoms in total. The van der Waals surface area contributed by atoms with Crippen molar-refractivity contribution in [3.05, 3.63) is 30.1 Å². The lowest BCUT2D eigenvalue weighted by Crippen LogP contribution is -2.36. The lowest BCUT2D eigenvalue weighted by molar-refractivity contribution is -0.119. The number of nitrogens with one attached hydrogen (secondary N) is 1. The number of rotatable bonds is 5. The molecule has 10 heteroatoms. The van der Waals surface area contributed by atoms with Crippen molar-refractivity contribution in [1.82, 2.24) is 15.5 Å². The fraction of sp³-hybridized carbons (Fsp3) is 0.357. The van der Waals surface area contributed by atoms with Gasteiger partial charge in [0.15, 0.2) is 9.84 Å². The number of carbonyl (C=O) groups is 1. The Bertz CT molecular complexity index is 836. The van der Waals surface area contributed by atoms with Gasteiger partial charge in [0.25, 0.3) is 5.22 Å². The number of nitrogens with zero attached hydrogens (tertiary/aromatic N) is 2. The molecule has 1 saturated heterocycles. The number of sulfone groups is 1. The summed E-state index contributed by atoms with van der Waals surface area (Å²) < 4.78 is 41.0. The van der Waals surface area contributed by atoms with E-state index in [1.54, 1.807) is 0 Å². The molecule has 2 aromatic rings. The van der Waals surface area contributed by atoms with E-state index in [9.17, 15) is 17.6 Å². The number of thioether (sulfide) groups is 1. The molecule has 1 amide bonds. The van der Waals surface area contributed by atoms with E-state index in [1.165, 1.54) is 24.3 Å². The molecule has 0 unspecified atom stereocenters. The monoisotopic (exact) mass is 371 g/mol. The molecule has 1 N–H and O–H groups in total. The van der Waals surface area contributed by atoms with Gasteiger partial charge >= 0.3 is 0 Å². The molecule has 0 bridgehead atoms. The van der Waals surface area contributed by atoms with Crippen molar-refractivity contribution in [1.29, 1.82) is 0 Å². The van der Waals surface area contributed by atoms with Gasteiger partial charge in [0, 0.05) is 11.6 Å². The van der Waals surface area contributed by atoms with E-state index >= 15 is 0 Å². The Labute approximate surface area is 141 Å². The van der Waals surface area contributed by atoms with E-state index in [2.05, 4.69) is 15.5 Å². The first-order chi connectivity index (χ1) is 11.4. The summed E-state index contributed by atoms with van der Waals surface area (Å²) in [6.07, 6.45) is 0.439. The van der Waals surface area contributed by atoms with Crippen LogP contribution in [0.4, 0.5) is 4.39 Å². The molecule has 128 valence electrons. The zero-order valence-corrected chi connectivity index (χ0v) is 14.1. The summed E-state index contributed by atoms with van der Waals surface area (Å²) in [7, 11) is -3.03. The number of amides is 1. The summed E-state index contributed by atoms with van der Waals surface area (Å²) in [5.41, 5.74) is 0.580. The molecule has 1 aliphatic heterocycles. The Morgan fingerprint density at radius 2 is 2.08 bits per heavy atom. The van der Waals surface area contributed by atoms with Crippen LogP contribution in [-0.2, 0) is 14.6 Å². The lowest BCUT2D eigenvalue weighted by Gasteiger charge is -2.09. The van der Waals surface area contributed by atoms with Crippen LogP contribution in [0.25, 0.3) is 11.5 Å². The Morgan fingerprint density at radius 1 is 1.33 bits per heavy atom. The third-order valence-electron chi connectivity index (χ3n) is 3.42. The third-order valence-corrected chi connectivity index (χ3v) is 6.01. The molecule has 0 saturated carbocycles. The van der Waals surface area contributed by atoms with Crippen LogP contribution in [-0.4, -0.2) is 47.8 Å². The maximum Gasteiger partial charge on any atom is 0.277 e. The predicted molar refractivity (Wildman–Crippen MR) is 85.6 cm³/mol. The number of hydrogen-bond acceptors (Lipinski definition) is 7. The van der Waals surface area contributed by atoms with E-state index in [0.29, 0.717) is 12.0 Å². The molecule has 1 aliphatic rings. The topological polar surface area (TPSA) is 102 Å². The maximum atomic E-state index is 12.9. The van der Waals surface area contributed by atoms with Gasteiger partial charge in [-0.2, -0.15) is 0 Å². The second-order valence-electron chi connectivity index (χ2n) is 5.34. The summed E-state index contributed by atoms with van der Waals surface area (Å²) in [6, 6.07) is 5.28. The Kier molecular flexibility index (Phi) is 4.86. The zero-order chi connectivity index (χ0) is 17.2. The number of hydrogen-bond donors (Lipinski definition) is 1. The fourth-order valence-corrected chi connectivity index (χ4v) is 4.53. The number of aromatic nitrogens is 2. The zero-order valence-electron chi connectivity index (χ0n) is 12.4. The molecule has 1 fully saturated rings. The average molecular weight is 371 g/mol. The van der Waals surface area contributed by atoms with Crippen LogP contribution in [0, 0.1) is 5.82 Å². The fourth-order valence-electron chi connectivity index (χ4n) is 2.28. The van der Waals surface area contributed by atoms with Crippen LogP contribution in [0.2, 0.25) is 0 Å². The van der Waals surface area contributed by atoms with Crippen molar-refractivity contribution in [3.8, 4) is 11.5 Å². The maximum absolute atomic E-state index is 12.9. The van der Waals surface area contributed by atoms with E-state index in [0.717, 1.165) is 11.8 Å². The lowest BCUT2D eigenvalue weighted by atomic mass is 10.2. The minimum absolute atomic E-state index is 0.0152. The van der Waals surface area contributed by atoms with Crippen molar-refractivity contribution >= 4 is 27.5 Å². The van der Waals surface area contributed by atoms with Gasteiger partial charge in [-0.25, -0.2) is 12.8 Å². The van der Waals surface area contributed by atoms with Gasteiger partial charge in [0.2, 0.25) is 11.8 Å². The predicted octanol–water partition coefficient (Wildman–Crippen LogP) is 1.27. The Balaban J connectivity index is 1.52. The van der Waals surface area contributed by atoms with Gasteiger partial charge in [0.05, 0.1) is 17.3 Å². The number of halogens is 1. The van der Waals surface area contributed by atoms with Crippen molar-refractivity contribution in [2.24, 2.45) is 0 Å². The van der Waals surface area contributed by atoms with Crippen molar-refractivity contribution in [3.63, 3.8) is 0 Å². The first-order valence-corrected chi connectivity index (χ1v) is 9.94. The molecule has 3 rings (SSSR count). The van der Waals surface area contributed by atoms with Gasteiger partial charge in [-0.1, -0.05) is 11.8 Å². The Morgan fingerprint density at radius 3 is 2.75 bits per heavy atom. The SMILES string of the molecule is O=C(CSc1nnc(-c2ccc(F)cc2)o1)N[C@@H]1CCS(=O)(=O)C1. The number of benzene rings is 1.